The quantitative estimate of drug-likeness (QED) is 0.782. The number of hydrogen-bond donors (Lipinski definition) is 1. The van der Waals surface area contributed by atoms with Crippen molar-refractivity contribution in [2.24, 2.45) is 5.41 Å². The molecule has 0 aliphatic carbocycles. The lowest BCUT2D eigenvalue weighted by atomic mass is 9.87. The van der Waals surface area contributed by atoms with Crippen molar-refractivity contribution >= 4 is 5.91 Å². The number of carbonyl (C=O) groups is 1. The molecule has 2 aliphatic rings. The predicted molar refractivity (Wildman–Crippen MR) is 61.7 cm³/mol. The lowest BCUT2D eigenvalue weighted by molar-refractivity contribution is 0.0765. The molecular formula is C12H17N3O2. The van der Waals surface area contributed by atoms with Gasteiger partial charge < -0.3 is 14.7 Å². The van der Waals surface area contributed by atoms with Gasteiger partial charge in [0, 0.05) is 31.1 Å². The number of carbonyl (C=O) groups excluding carboxylic acids is 1. The van der Waals surface area contributed by atoms with Crippen LogP contribution in [0.15, 0.2) is 10.6 Å². The number of rotatable bonds is 1. The van der Waals surface area contributed by atoms with E-state index in [0.29, 0.717) is 16.9 Å². The van der Waals surface area contributed by atoms with Crippen LogP contribution in [0.4, 0.5) is 0 Å². The first kappa shape index (κ1) is 10.8. The summed E-state index contributed by atoms with van der Waals surface area (Å²) < 4.78 is 4.95. The van der Waals surface area contributed by atoms with Gasteiger partial charge in [-0.05, 0) is 26.3 Å². The highest BCUT2D eigenvalue weighted by Gasteiger charge is 2.42. The molecule has 92 valence electrons. The summed E-state index contributed by atoms with van der Waals surface area (Å²) >= 11 is 0. The van der Waals surface area contributed by atoms with Gasteiger partial charge >= 0.3 is 0 Å². The molecule has 3 heterocycles. The van der Waals surface area contributed by atoms with Gasteiger partial charge in [0.1, 0.15) is 5.76 Å². The van der Waals surface area contributed by atoms with E-state index < -0.39 is 0 Å². The summed E-state index contributed by atoms with van der Waals surface area (Å²) in [6.07, 6.45) is 2.27. The first-order valence-electron chi connectivity index (χ1n) is 6.12. The van der Waals surface area contributed by atoms with Gasteiger partial charge in [0.25, 0.3) is 5.91 Å². The van der Waals surface area contributed by atoms with Crippen molar-refractivity contribution in [1.82, 2.24) is 15.4 Å². The van der Waals surface area contributed by atoms with E-state index in [-0.39, 0.29) is 5.91 Å². The SMILES string of the molecule is Cc1cc(C(=O)N2CCC3(CCNC3)C2)no1. The van der Waals surface area contributed by atoms with E-state index in [1.54, 1.807) is 13.0 Å². The average molecular weight is 235 g/mol. The molecule has 17 heavy (non-hydrogen) atoms. The maximum atomic E-state index is 12.2. The van der Waals surface area contributed by atoms with E-state index in [1.165, 1.54) is 6.42 Å². The zero-order chi connectivity index (χ0) is 11.9. The number of likely N-dealkylation sites (tertiary alicyclic amines) is 1. The Kier molecular flexibility index (Phi) is 2.43. The Labute approximate surface area is 100 Å². The molecule has 0 saturated carbocycles. The van der Waals surface area contributed by atoms with Crippen LogP contribution >= 0.6 is 0 Å². The Hall–Kier alpha value is -1.36. The molecule has 1 spiro atoms. The van der Waals surface area contributed by atoms with Gasteiger partial charge in [-0.15, -0.1) is 0 Å². The van der Waals surface area contributed by atoms with Crippen LogP contribution in [0, 0.1) is 12.3 Å². The molecule has 0 bridgehead atoms. The van der Waals surface area contributed by atoms with Crippen molar-refractivity contribution < 1.29 is 9.32 Å². The van der Waals surface area contributed by atoms with Crippen LogP contribution in [0.25, 0.3) is 0 Å². The normalized spacial score (nSPS) is 28.2. The number of nitrogens with zero attached hydrogens (tertiary/aromatic N) is 2. The smallest absolute Gasteiger partial charge is 0.276 e. The second-order valence-corrected chi connectivity index (χ2v) is 5.23. The molecule has 2 aliphatic heterocycles. The van der Waals surface area contributed by atoms with E-state index in [2.05, 4.69) is 10.5 Å². The largest absolute Gasteiger partial charge is 0.361 e. The zero-order valence-corrected chi connectivity index (χ0v) is 10.0. The summed E-state index contributed by atoms with van der Waals surface area (Å²) in [7, 11) is 0. The standard InChI is InChI=1S/C12H17N3O2/c1-9-6-10(14-17-9)11(16)15-5-3-12(8-15)2-4-13-7-12/h6,13H,2-5,7-8H2,1H3. The Morgan fingerprint density at radius 3 is 3.12 bits per heavy atom. The summed E-state index contributed by atoms with van der Waals surface area (Å²) in [4.78, 5) is 14.1. The van der Waals surface area contributed by atoms with Gasteiger partial charge in [-0.3, -0.25) is 4.79 Å². The van der Waals surface area contributed by atoms with Crippen LogP contribution in [-0.2, 0) is 0 Å². The van der Waals surface area contributed by atoms with E-state index in [9.17, 15) is 4.79 Å². The molecule has 0 aromatic carbocycles. The lowest BCUT2D eigenvalue weighted by Gasteiger charge is -2.22. The minimum absolute atomic E-state index is 0.00521. The van der Waals surface area contributed by atoms with E-state index >= 15 is 0 Å². The predicted octanol–water partition coefficient (Wildman–Crippen LogP) is 0.809. The maximum absolute atomic E-state index is 12.2. The fourth-order valence-electron chi connectivity index (χ4n) is 2.88. The highest BCUT2D eigenvalue weighted by molar-refractivity contribution is 5.92. The van der Waals surface area contributed by atoms with Crippen molar-refractivity contribution in [1.29, 1.82) is 0 Å². The molecular weight excluding hydrogens is 218 g/mol. The lowest BCUT2D eigenvalue weighted by Crippen LogP contribution is -2.33. The molecule has 1 atom stereocenters. The van der Waals surface area contributed by atoms with Crippen molar-refractivity contribution in [2.75, 3.05) is 26.2 Å². The van der Waals surface area contributed by atoms with Crippen molar-refractivity contribution in [3.05, 3.63) is 17.5 Å². The average Bonchev–Trinajstić information content (AvgIpc) is 3.02. The van der Waals surface area contributed by atoms with Gasteiger partial charge in [0.2, 0.25) is 0 Å². The molecule has 3 rings (SSSR count). The number of aromatic nitrogens is 1. The van der Waals surface area contributed by atoms with Crippen molar-refractivity contribution in [3.63, 3.8) is 0 Å². The second-order valence-electron chi connectivity index (χ2n) is 5.23. The van der Waals surface area contributed by atoms with E-state index in [0.717, 1.165) is 32.6 Å². The van der Waals surface area contributed by atoms with Crippen LogP contribution < -0.4 is 5.32 Å². The van der Waals surface area contributed by atoms with Gasteiger partial charge in [0.05, 0.1) is 0 Å². The third kappa shape index (κ3) is 1.84. The summed E-state index contributed by atoms with van der Waals surface area (Å²) in [5.74, 6) is 0.690. The molecule has 1 N–H and O–H groups in total. The maximum Gasteiger partial charge on any atom is 0.276 e. The first-order valence-corrected chi connectivity index (χ1v) is 6.12. The van der Waals surface area contributed by atoms with Crippen LogP contribution in [0.1, 0.15) is 29.1 Å². The fraction of sp³-hybridized carbons (Fsp3) is 0.667. The fourth-order valence-corrected chi connectivity index (χ4v) is 2.88. The van der Waals surface area contributed by atoms with Crippen LogP contribution in [-0.4, -0.2) is 42.1 Å². The Bertz CT molecular complexity index is 435. The highest BCUT2D eigenvalue weighted by Crippen LogP contribution is 2.36. The van der Waals surface area contributed by atoms with Gasteiger partial charge in [-0.1, -0.05) is 5.16 Å². The van der Waals surface area contributed by atoms with E-state index in [4.69, 9.17) is 4.52 Å². The summed E-state index contributed by atoms with van der Waals surface area (Å²) in [5.41, 5.74) is 0.750. The van der Waals surface area contributed by atoms with Crippen LogP contribution in [0.3, 0.4) is 0 Å². The van der Waals surface area contributed by atoms with Crippen LogP contribution in [0.5, 0.6) is 0 Å². The van der Waals surface area contributed by atoms with Gasteiger partial charge in [-0.25, -0.2) is 0 Å². The second kappa shape index (κ2) is 3.84. The monoisotopic (exact) mass is 235 g/mol. The molecule has 5 heteroatoms. The molecule has 0 radical (unpaired) electrons. The molecule has 2 fully saturated rings. The Balaban J connectivity index is 1.72. The summed E-state index contributed by atoms with van der Waals surface area (Å²) in [5, 5.41) is 7.18. The number of nitrogens with one attached hydrogen (secondary N) is 1. The Morgan fingerprint density at radius 1 is 1.59 bits per heavy atom. The molecule has 2 saturated heterocycles. The number of hydrogen-bond acceptors (Lipinski definition) is 4. The summed E-state index contributed by atoms with van der Waals surface area (Å²) in [6.45, 7) is 5.60. The first-order chi connectivity index (χ1) is 8.19. The minimum Gasteiger partial charge on any atom is -0.361 e. The third-order valence-corrected chi connectivity index (χ3v) is 3.90. The third-order valence-electron chi connectivity index (χ3n) is 3.90. The van der Waals surface area contributed by atoms with Crippen molar-refractivity contribution in [3.8, 4) is 0 Å². The minimum atomic E-state index is 0.00521. The molecule has 1 unspecified atom stereocenters. The van der Waals surface area contributed by atoms with Gasteiger partial charge in [0.15, 0.2) is 5.69 Å². The number of amides is 1. The highest BCUT2D eigenvalue weighted by atomic mass is 16.5. The summed E-state index contributed by atoms with van der Waals surface area (Å²) in [6, 6.07) is 1.71. The molecule has 1 amide bonds. The molecule has 1 aromatic heterocycles. The molecule has 5 nitrogen and oxygen atoms in total. The topological polar surface area (TPSA) is 58.4 Å². The van der Waals surface area contributed by atoms with Crippen LogP contribution in [0.2, 0.25) is 0 Å². The Morgan fingerprint density at radius 2 is 2.47 bits per heavy atom. The van der Waals surface area contributed by atoms with Gasteiger partial charge in [-0.2, -0.15) is 0 Å². The number of aryl methyl sites for hydroxylation is 1. The van der Waals surface area contributed by atoms with E-state index in [1.807, 2.05) is 4.90 Å². The van der Waals surface area contributed by atoms with Crippen molar-refractivity contribution in [2.45, 2.75) is 19.8 Å². The zero-order valence-electron chi connectivity index (χ0n) is 10.0. The molecule has 1 aromatic rings.